The van der Waals surface area contributed by atoms with Crippen molar-refractivity contribution in [3.8, 4) is 0 Å². The average Bonchev–Trinajstić information content (AvgIpc) is 3.17. The standard InChI is InChI=1S/C18H31N7O/c1-6-26-12-8-10-19-18(20-13-17-22-21-15(2)25(17)5)24(4)14-16-9-7-11-23(16)3/h7,9,11H,6,8,10,12-14H2,1-5H3,(H,19,20). The molecule has 0 amide bonds. The van der Waals surface area contributed by atoms with Crippen LogP contribution in [-0.4, -0.2) is 57.0 Å². The van der Waals surface area contributed by atoms with E-state index in [2.05, 4.69) is 50.4 Å². The first-order valence-electron chi connectivity index (χ1n) is 9.05. The molecular formula is C18H31N7O. The molecule has 8 heteroatoms. The van der Waals surface area contributed by atoms with E-state index in [4.69, 9.17) is 9.73 Å². The Morgan fingerprint density at radius 2 is 2.15 bits per heavy atom. The highest BCUT2D eigenvalue weighted by Crippen LogP contribution is 2.05. The summed E-state index contributed by atoms with van der Waals surface area (Å²) in [5.41, 5.74) is 1.23. The Balaban J connectivity index is 2.03. The summed E-state index contributed by atoms with van der Waals surface area (Å²) in [4.78, 5) is 6.88. The number of hydrogen-bond donors (Lipinski definition) is 1. The second-order valence-corrected chi connectivity index (χ2v) is 6.31. The van der Waals surface area contributed by atoms with Gasteiger partial charge in [-0.15, -0.1) is 10.2 Å². The Morgan fingerprint density at radius 1 is 1.35 bits per heavy atom. The van der Waals surface area contributed by atoms with Gasteiger partial charge in [-0.3, -0.25) is 0 Å². The van der Waals surface area contributed by atoms with E-state index in [-0.39, 0.29) is 0 Å². The lowest BCUT2D eigenvalue weighted by atomic mass is 10.4. The summed E-state index contributed by atoms with van der Waals surface area (Å²) in [6.45, 7) is 7.53. The lowest BCUT2D eigenvalue weighted by Gasteiger charge is -2.23. The van der Waals surface area contributed by atoms with E-state index in [1.54, 1.807) is 0 Å². The van der Waals surface area contributed by atoms with Crippen molar-refractivity contribution in [2.45, 2.75) is 33.4 Å². The zero-order valence-corrected chi connectivity index (χ0v) is 16.6. The van der Waals surface area contributed by atoms with Crippen molar-refractivity contribution in [2.75, 3.05) is 26.8 Å². The molecule has 0 saturated carbocycles. The van der Waals surface area contributed by atoms with E-state index in [0.29, 0.717) is 6.54 Å². The minimum Gasteiger partial charge on any atom is -0.382 e. The van der Waals surface area contributed by atoms with Gasteiger partial charge in [0.25, 0.3) is 0 Å². The van der Waals surface area contributed by atoms with Crippen LogP contribution in [0.15, 0.2) is 23.3 Å². The van der Waals surface area contributed by atoms with Crippen LogP contribution in [0.3, 0.4) is 0 Å². The normalized spacial score (nSPS) is 11.8. The summed E-state index contributed by atoms with van der Waals surface area (Å²) in [6, 6.07) is 4.17. The Kier molecular flexibility index (Phi) is 7.65. The highest BCUT2D eigenvalue weighted by Gasteiger charge is 2.10. The number of nitrogens with zero attached hydrogens (tertiary/aromatic N) is 6. The molecule has 2 aromatic heterocycles. The fourth-order valence-corrected chi connectivity index (χ4v) is 2.54. The highest BCUT2D eigenvalue weighted by atomic mass is 16.5. The van der Waals surface area contributed by atoms with Gasteiger partial charge < -0.3 is 24.1 Å². The third-order valence-corrected chi connectivity index (χ3v) is 4.32. The number of ether oxygens (including phenoxy) is 1. The first-order valence-corrected chi connectivity index (χ1v) is 9.05. The van der Waals surface area contributed by atoms with Crippen LogP contribution in [0.1, 0.15) is 30.7 Å². The molecule has 0 fully saturated rings. The van der Waals surface area contributed by atoms with Gasteiger partial charge in [0.2, 0.25) is 0 Å². The molecule has 2 aromatic rings. The van der Waals surface area contributed by atoms with Crippen LogP contribution in [0, 0.1) is 6.92 Å². The molecule has 144 valence electrons. The van der Waals surface area contributed by atoms with Gasteiger partial charge in [0, 0.05) is 52.8 Å². The van der Waals surface area contributed by atoms with Gasteiger partial charge in [-0.2, -0.15) is 0 Å². The largest absolute Gasteiger partial charge is 0.382 e. The van der Waals surface area contributed by atoms with Crippen LogP contribution >= 0.6 is 0 Å². The summed E-state index contributed by atoms with van der Waals surface area (Å²) < 4.78 is 9.49. The smallest absolute Gasteiger partial charge is 0.194 e. The summed E-state index contributed by atoms with van der Waals surface area (Å²) in [5, 5.41) is 11.7. The maximum absolute atomic E-state index is 5.41. The summed E-state index contributed by atoms with van der Waals surface area (Å²) in [7, 11) is 6.06. The van der Waals surface area contributed by atoms with Gasteiger partial charge in [0.1, 0.15) is 12.4 Å². The molecule has 1 N–H and O–H groups in total. The van der Waals surface area contributed by atoms with E-state index in [0.717, 1.165) is 50.3 Å². The monoisotopic (exact) mass is 361 g/mol. The van der Waals surface area contributed by atoms with E-state index in [1.165, 1.54) is 5.69 Å². The predicted octanol–water partition coefficient (Wildman–Crippen LogP) is 1.47. The molecule has 0 aromatic carbocycles. The minimum absolute atomic E-state index is 0.489. The van der Waals surface area contributed by atoms with Gasteiger partial charge in [-0.05, 0) is 32.4 Å². The summed E-state index contributed by atoms with van der Waals surface area (Å²) in [6.07, 6.45) is 2.99. The first-order chi connectivity index (χ1) is 12.5. The van der Waals surface area contributed by atoms with Crippen LogP contribution in [0.4, 0.5) is 0 Å². The number of aryl methyl sites for hydroxylation is 2. The second kappa shape index (κ2) is 9.96. The van der Waals surface area contributed by atoms with Crippen molar-refractivity contribution < 1.29 is 4.74 Å². The van der Waals surface area contributed by atoms with Crippen molar-refractivity contribution >= 4 is 5.96 Å². The van der Waals surface area contributed by atoms with Crippen molar-refractivity contribution in [3.05, 3.63) is 35.7 Å². The third kappa shape index (κ3) is 5.59. The van der Waals surface area contributed by atoms with Gasteiger partial charge in [0.15, 0.2) is 11.8 Å². The molecule has 0 aliphatic carbocycles. The third-order valence-electron chi connectivity index (χ3n) is 4.32. The zero-order chi connectivity index (χ0) is 18.9. The first kappa shape index (κ1) is 20.0. The summed E-state index contributed by atoms with van der Waals surface area (Å²) in [5.74, 6) is 2.59. The second-order valence-electron chi connectivity index (χ2n) is 6.31. The van der Waals surface area contributed by atoms with Gasteiger partial charge in [-0.25, -0.2) is 4.99 Å². The molecule has 26 heavy (non-hydrogen) atoms. The molecule has 2 rings (SSSR count). The predicted molar refractivity (Wildman–Crippen MR) is 103 cm³/mol. The fourth-order valence-electron chi connectivity index (χ4n) is 2.54. The molecular weight excluding hydrogens is 330 g/mol. The molecule has 0 bridgehead atoms. The summed E-state index contributed by atoms with van der Waals surface area (Å²) >= 11 is 0. The van der Waals surface area contributed by atoms with Gasteiger partial charge in [-0.1, -0.05) is 0 Å². The molecule has 0 radical (unpaired) electrons. The van der Waals surface area contributed by atoms with Gasteiger partial charge in [0.05, 0.1) is 6.54 Å². The Labute approximate surface area is 155 Å². The Hall–Kier alpha value is -2.35. The Bertz CT molecular complexity index is 704. The average molecular weight is 361 g/mol. The van der Waals surface area contributed by atoms with Crippen molar-refractivity contribution in [2.24, 2.45) is 19.1 Å². The van der Waals surface area contributed by atoms with E-state index in [9.17, 15) is 0 Å². The fraction of sp³-hybridized carbons (Fsp3) is 0.611. The number of hydrogen-bond acceptors (Lipinski definition) is 4. The number of rotatable bonds is 9. The Morgan fingerprint density at radius 3 is 2.77 bits per heavy atom. The molecule has 0 atom stereocenters. The number of aromatic nitrogens is 4. The van der Waals surface area contributed by atoms with Gasteiger partial charge >= 0.3 is 0 Å². The van der Waals surface area contributed by atoms with Crippen molar-refractivity contribution in [1.29, 1.82) is 0 Å². The topological polar surface area (TPSA) is 72.5 Å². The van der Waals surface area contributed by atoms with E-state index >= 15 is 0 Å². The molecule has 0 unspecified atom stereocenters. The number of aliphatic imine (C=N–C) groups is 1. The molecule has 8 nitrogen and oxygen atoms in total. The van der Waals surface area contributed by atoms with E-state index in [1.807, 2.05) is 32.5 Å². The minimum atomic E-state index is 0.489. The molecule has 0 saturated heterocycles. The SMILES string of the molecule is CCOCCCNC(=NCc1nnc(C)n1C)N(C)Cc1cccn1C. The molecule has 0 aliphatic heterocycles. The van der Waals surface area contributed by atoms with Crippen molar-refractivity contribution in [1.82, 2.24) is 29.5 Å². The van der Waals surface area contributed by atoms with Crippen LogP contribution in [0.2, 0.25) is 0 Å². The lowest BCUT2D eigenvalue weighted by Crippen LogP contribution is -2.39. The number of guanidine groups is 1. The van der Waals surface area contributed by atoms with Crippen LogP contribution in [-0.2, 0) is 31.9 Å². The highest BCUT2D eigenvalue weighted by molar-refractivity contribution is 5.79. The number of nitrogens with one attached hydrogen (secondary N) is 1. The van der Waals surface area contributed by atoms with Crippen molar-refractivity contribution in [3.63, 3.8) is 0 Å². The maximum Gasteiger partial charge on any atom is 0.194 e. The maximum atomic E-state index is 5.41. The van der Waals surface area contributed by atoms with Crippen LogP contribution < -0.4 is 5.32 Å². The quantitative estimate of drug-likeness (QED) is 0.416. The molecule has 0 aliphatic rings. The molecule has 0 spiro atoms. The van der Waals surface area contributed by atoms with E-state index < -0.39 is 0 Å². The zero-order valence-electron chi connectivity index (χ0n) is 16.6. The van der Waals surface area contributed by atoms with Crippen LogP contribution in [0.25, 0.3) is 0 Å². The molecule has 2 heterocycles. The van der Waals surface area contributed by atoms with Crippen LogP contribution in [0.5, 0.6) is 0 Å². The lowest BCUT2D eigenvalue weighted by molar-refractivity contribution is 0.145.